The van der Waals surface area contributed by atoms with E-state index in [1.54, 1.807) is 0 Å². The van der Waals surface area contributed by atoms with Crippen LogP contribution < -0.4 is 11.1 Å². The van der Waals surface area contributed by atoms with Gasteiger partial charge in [-0.3, -0.25) is 4.79 Å². The molecule has 0 bridgehead atoms. The molecule has 1 aromatic carbocycles. The third kappa shape index (κ3) is 4.00. The Morgan fingerprint density at radius 1 is 1.44 bits per heavy atom. The Balaban J connectivity index is 2.43. The minimum Gasteiger partial charge on any atom is -0.409 e. The summed E-state index contributed by atoms with van der Waals surface area (Å²) in [6.07, 6.45) is 0.291. The van der Waals surface area contributed by atoms with E-state index in [4.69, 9.17) is 10.9 Å². The van der Waals surface area contributed by atoms with Crippen LogP contribution in [0.2, 0.25) is 0 Å². The van der Waals surface area contributed by atoms with Crippen molar-refractivity contribution in [3.8, 4) is 0 Å². The number of nitrogens with one attached hydrogen (secondary N) is 1. The number of rotatable bonds is 4. The minimum atomic E-state index is -0.157. The number of aryl methyl sites for hydroxylation is 1. The Bertz CT molecular complexity index is 385. The van der Waals surface area contributed by atoms with Gasteiger partial charge in [-0.1, -0.05) is 35.0 Å². The lowest BCUT2D eigenvalue weighted by molar-refractivity contribution is -0.120. The smallest absolute Gasteiger partial charge is 0.224 e. The maximum absolute atomic E-state index is 11.4. The quantitative estimate of drug-likeness (QED) is 0.297. The fourth-order valence-corrected chi connectivity index (χ4v) is 1.18. The monoisotopic (exact) mass is 221 g/mol. The number of hydrogen-bond donors (Lipinski definition) is 3. The van der Waals surface area contributed by atoms with Gasteiger partial charge in [-0.2, -0.15) is 0 Å². The molecule has 86 valence electrons. The Hall–Kier alpha value is -2.04. The number of amides is 1. The number of nitrogens with two attached hydrogens (primary N) is 1. The lowest BCUT2D eigenvalue weighted by Crippen LogP contribution is -2.34. The molecule has 1 aromatic rings. The van der Waals surface area contributed by atoms with Gasteiger partial charge in [0, 0.05) is 0 Å². The zero-order chi connectivity index (χ0) is 12.0. The minimum absolute atomic E-state index is 0.0164. The summed E-state index contributed by atoms with van der Waals surface area (Å²) in [4.78, 5) is 11.4. The van der Waals surface area contributed by atoms with E-state index in [2.05, 4.69) is 10.5 Å². The fourth-order valence-electron chi connectivity index (χ4n) is 1.18. The van der Waals surface area contributed by atoms with Gasteiger partial charge < -0.3 is 16.3 Å². The maximum Gasteiger partial charge on any atom is 0.224 e. The van der Waals surface area contributed by atoms with Crippen molar-refractivity contribution in [3.05, 3.63) is 35.4 Å². The molecule has 4 N–H and O–H groups in total. The molecule has 0 aliphatic rings. The van der Waals surface area contributed by atoms with Gasteiger partial charge in [-0.15, -0.1) is 0 Å². The van der Waals surface area contributed by atoms with Crippen molar-refractivity contribution in [3.63, 3.8) is 0 Å². The largest absolute Gasteiger partial charge is 0.409 e. The Labute approximate surface area is 94.0 Å². The van der Waals surface area contributed by atoms with E-state index in [-0.39, 0.29) is 18.3 Å². The van der Waals surface area contributed by atoms with Crippen molar-refractivity contribution >= 4 is 11.7 Å². The van der Waals surface area contributed by atoms with Crippen LogP contribution in [-0.4, -0.2) is 23.5 Å². The maximum atomic E-state index is 11.4. The van der Waals surface area contributed by atoms with E-state index in [9.17, 15) is 4.79 Å². The molecular weight excluding hydrogens is 206 g/mol. The molecule has 0 fully saturated rings. The molecule has 0 spiro atoms. The summed E-state index contributed by atoms with van der Waals surface area (Å²) in [7, 11) is 0. The van der Waals surface area contributed by atoms with Crippen LogP contribution in [0.25, 0.3) is 0 Å². The summed E-state index contributed by atoms with van der Waals surface area (Å²) in [6, 6.07) is 7.70. The lowest BCUT2D eigenvalue weighted by atomic mass is 10.1. The van der Waals surface area contributed by atoms with Crippen molar-refractivity contribution in [2.75, 3.05) is 6.54 Å². The lowest BCUT2D eigenvalue weighted by Gasteiger charge is -2.04. The molecule has 0 saturated heterocycles. The van der Waals surface area contributed by atoms with Crippen LogP contribution in [0.3, 0.4) is 0 Å². The van der Waals surface area contributed by atoms with Crippen molar-refractivity contribution in [2.45, 2.75) is 13.3 Å². The predicted molar refractivity (Wildman–Crippen MR) is 61.3 cm³/mol. The molecule has 0 unspecified atom stereocenters. The highest BCUT2D eigenvalue weighted by molar-refractivity contribution is 5.87. The predicted octanol–water partition coefficient (Wildman–Crippen LogP) is 0.400. The van der Waals surface area contributed by atoms with Gasteiger partial charge in [-0.25, -0.2) is 0 Å². The van der Waals surface area contributed by atoms with Gasteiger partial charge in [0.1, 0.15) is 0 Å². The van der Waals surface area contributed by atoms with Crippen LogP contribution in [0.15, 0.2) is 29.4 Å². The number of carbonyl (C=O) groups is 1. The molecule has 1 rings (SSSR count). The van der Waals surface area contributed by atoms with Gasteiger partial charge in [0.05, 0.1) is 13.0 Å². The molecule has 5 heteroatoms. The zero-order valence-electron chi connectivity index (χ0n) is 9.10. The molecule has 5 nitrogen and oxygen atoms in total. The van der Waals surface area contributed by atoms with Crippen LogP contribution in [-0.2, 0) is 11.2 Å². The van der Waals surface area contributed by atoms with Gasteiger partial charge in [0.25, 0.3) is 0 Å². The second-order valence-electron chi connectivity index (χ2n) is 3.53. The number of amidine groups is 1. The summed E-state index contributed by atoms with van der Waals surface area (Å²) in [5, 5.41) is 13.6. The molecule has 0 atom stereocenters. The van der Waals surface area contributed by atoms with E-state index < -0.39 is 0 Å². The Morgan fingerprint density at radius 2 is 2.06 bits per heavy atom. The normalized spacial score (nSPS) is 11.2. The third-order valence-corrected chi connectivity index (χ3v) is 2.08. The summed E-state index contributed by atoms with van der Waals surface area (Å²) in [5.74, 6) is -0.173. The topological polar surface area (TPSA) is 87.7 Å². The first-order valence-electron chi connectivity index (χ1n) is 4.90. The first-order chi connectivity index (χ1) is 7.61. The van der Waals surface area contributed by atoms with Crippen molar-refractivity contribution in [1.29, 1.82) is 0 Å². The Morgan fingerprint density at radius 3 is 2.62 bits per heavy atom. The highest BCUT2D eigenvalue weighted by Crippen LogP contribution is 2.03. The number of carbonyl (C=O) groups excluding carboxylic acids is 1. The van der Waals surface area contributed by atoms with Crippen LogP contribution in [0, 0.1) is 6.92 Å². The van der Waals surface area contributed by atoms with Crippen molar-refractivity contribution < 1.29 is 10.0 Å². The molecule has 0 aliphatic carbocycles. The van der Waals surface area contributed by atoms with Gasteiger partial charge >= 0.3 is 0 Å². The molecule has 1 amide bonds. The average molecular weight is 221 g/mol. The standard InChI is InChI=1S/C11H15N3O2/c1-8-2-4-9(5-3-8)6-11(15)13-7-10(12)14-16/h2-5,16H,6-7H2,1H3,(H2,12,14)(H,13,15). The van der Waals surface area contributed by atoms with E-state index in [0.717, 1.165) is 11.1 Å². The molecule has 0 aliphatic heterocycles. The molecule has 0 radical (unpaired) electrons. The van der Waals surface area contributed by atoms with Gasteiger partial charge in [0.15, 0.2) is 5.84 Å². The highest BCUT2D eigenvalue weighted by atomic mass is 16.4. The summed E-state index contributed by atoms with van der Waals surface area (Å²) in [5.41, 5.74) is 7.31. The number of oxime groups is 1. The van der Waals surface area contributed by atoms with Crippen LogP contribution >= 0.6 is 0 Å². The SMILES string of the molecule is Cc1ccc(CC(=O)NC/C(N)=N/O)cc1. The van der Waals surface area contributed by atoms with Crippen molar-refractivity contribution in [1.82, 2.24) is 5.32 Å². The average Bonchev–Trinajstić information content (AvgIpc) is 2.29. The van der Waals surface area contributed by atoms with E-state index in [1.807, 2.05) is 31.2 Å². The van der Waals surface area contributed by atoms with Gasteiger partial charge in [-0.05, 0) is 12.5 Å². The fraction of sp³-hybridized carbons (Fsp3) is 0.273. The van der Waals surface area contributed by atoms with Gasteiger partial charge in [0.2, 0.25) is 5.91 Å². The number of benzene rings is 1. The summed E-state index contributed by atoms with van der Waals surface area (Å²) in [6.45, 7) is 2.05. The first-order valence-corrected chi connectivity index (χ1v) is 4.90. The molecule has 0 saturated carbocycles. The zero-order valence-corrected chi connectivity index (χ0v) is 9.10. The van der Waals surface area contributed by atoms with E-state index in [1.165, 1.54) is 0 Å². The molecule has 0 aromatic heterocycles. The summed E-state index contributed by atoms with van der Waals surface area (Å²) < 4.78 is 0. The Kier molecular flexibility index (Phi) is 4.32. The van der Waals surface area contributed by atoms with E-state index >= 15 is 0 Å². The first kappa shape index (κ1) is 12.0. The molecule has 16 heavy (non-hydrogen) atoms. The van der Waals surface area contributed by atoms with Crippen molar-refractivity contribution in [2.24, 2.45) is 10.9 Å². The van der Waals surface area contributed by atoms with Crippen LogP contribution in [0.4, 0.5) is 0 Å². The third-order valence-electron chi connectivity index (χ3n) is 2.08. The molecule has 0 heterocycles. The number of hydrogen-bond acceptors (Lipinski definition) is 3. The molecular formula is C11H15N3O2. The summed E-state index contributed by atoms with van der Waals surface area (Å²) >= 11 is 0. The second-order valence-corrected chi connectivity index (χ2v) is 3.53. The van der Waals surface area contributed by atoms with Crippen LogP contribution in [0.1, 0.15) is 11.1 Å². The van der Waals surface area contributed by atoms with Crippen LogP contribution in [0.5, 0.6) is 0 Å². The number of nitrogens with zero attached hydrogens (tertiary/aromatic N) is 1. The highest BCUT2D eigenvalue weighted by Gasteiger charge is 2.03. The second kappa shape index (κ2) is 5.75. The van der Waals surface area contributed by atoms with E-state index in [0.29, 0.717) is 6.42 Å².